The maximum absolute atomic E-state index is 14.0. The highest BCUT2D eigenvalue weighted by molar-refractivity contribution is 5.95. The maximum Gasteiger partial charge on any atom is 0.434 e. The van der Waals surface area contributed by atoms with Crippen LogP contribution in [-0.4, -0.2) is 44.9 Å². The van der Waals surface area contributed by atoms with Gasteiger partial charge in [0.15, 0.2) is 5.69 Å². The quantitative estimate of drug-likeness (QED) is 0.583. The van der Waals surface area contributed by atoms with Crippen LogP contribution >= 0.6 is 0 Å². The molecule has 4 aliphatic rings. The summed E-state index contributed by atoms with van der Waals surface area (Å²) >= 11 is 0. The Morgan fingerprint density at radius 1 is 1.26 bits per heavy atom. The Bertz CT molecular complexity index is 1060. The van der Waals surface area contributed by atoms with Crippen molar-refractivity contribution in [2.24, 2.45) is 28.6 Å². The Morgan fingerprint density at radius 3 is 2.65 bits per heavy atom. The average molecular weight is 481 g/mol. The van der Waals surface area contributed by atoms with E-state index in [1.165, 1.54) is 13.0 Å². The van der Waals surface area contributed by atoms with Gasteiger partial charge in [-0.3, -0.25) is 9.59 Å². The fourth-order valence-electron chi connectivity index (χ4n) is 7.96. The molecule has 5 rings (SSSR count). The number of aliphatic hydroxyl groups excluding tert-OH is 1. The number of amides is 2. The van der Waals surface area contributed by atoms with E-state index in [1.54, 1.807) is 13.8 Å². The van der Waals surface area contributed by atoms with Gasteiger partial charge in [-0.25, -0.2) is 4.68 Å². The minimum Gasteiger partial charge on any atom is -0.396 e. The molecule has 4 aliphatic carbocycles. The van der Waals surface area contributed by atoms with Crippen molar-refractivity contribution in [1.82, 2.24) is 20.4 Å². The third-order valence-electron chi connectivity index (χ3n) is 8.95. The number of carbonyl (C=O) groups is 2. The molecule has 2 amide bonds. The Balaban J connectivity index is 1.39. The molecule has 7 nitrogen and oxygen atoms in total. The molecule has 6 atom stereocenters. The number of nitrogens with one attached hydrogen (secondary N) is 2. The zero-order valence-corrected chi connectivity index (χ0v) is 19.6. The summed E-state index contributed by atoms with van der Waals surface area (Å²) in [7, 11) is 0. The summed E-state index contributed by atoms with van der Waals surface area (Å²) < 4.78 is 42.6. The van der Waals surface area contributed by atoms with Crippen molar-refractivity contribution in [1.29, 1.82) is 0 Å². The van der Waals surface area contributed by atoms with Crippen LogP contribution in [0.5, 0.6) is 0 Å². The molecule has 34 heavy (non-hydrogen) atoms. The van der Waals surface area contributed by atoms with Gasteiger partial charge in [0, 0.05) is 31.2 Å². The van der Waals surface area contributed by atoms with Crippen LogP contribution in [0.4, 0.5) is 13.2 Å². The molecular formula is C24H31F3N4O3. The number of fused-ring (bicyclic) bond motifs is 2. The first-order chi connectivity index (χ1) is 15.8. The maximum atomic E-state index is 14.0. The van der Waals surface area contributed by atoms with E-state index >= 15 is 0 Å². The van der Waals surface area contributed by atoms with Crippen LogP contribution in [0, 0.1) is 28.6 Å². The van der Waals surface area contributed by atoms with Crippen molar-refractivity contribution in [2.45, 2.75) is 70.6 Å². The number of hydrogen-bond acceptors (Lipinski definition) is 4. The van der Waals surface area contributed by atoms with Gasteiger partial charge in [-0.05, 0) is 75.2 Å². The second kappa shape index (κ2) is 7.32. The number of aliphatic hydroxyl groups is 1. The first-order valence-electron chi connectivity index (χ1n) is 11.9. The summed E-state index contributed by atoms with van der Waals surface area (Å²) in [6.07, 6.45) is 3.49. The molecule has 4 unspecified atom stereocenters. The smallest absolute Gasteiger partial charge is 0.396 e. The van der Waals surface area contributed by atoms with E-state index in [1.807, 2.05) is 0 Å². The first-order valence-corrected chi connectivity index (χ1v) is 11.9. The zero-order chi connectivity index (χ0) is 24.7. The molecule has 0 aliphatic heterocycles. The molecule has 1 aromatic heterocycles. The van der Waals surface area contributed by atoms with Crippen LogP contribution < -0.4 is 10.6 Å². The van der Waals surface area contributed by atoms with Crippen molar-refractivity contribution in [2.75, 3.05) is 6.61 Å². The van der Waals surface area contributed by atoms with E-state index in [-0.39, 0.29) is 41.2 Å². The predicted molar refractivity (Wildman–Crippen MR) is 117 cm³/mol. The summed E-state index contributed by atoms with van der Waals surface area (Å²) in [6, 6.07) is -0.170. The Morgan fingerprint density at radius 2 is 2.00 bits per heavy atom. The fraction of sp³-hybridized carbons (Fsp3) is 0.708. The molecule has 10 heteroatoms. The lowest BCUT2D eigenvalue weighted by Crippen LogP contribution is -2.59. The van der Waals surface area contributed by atoms with E-state index < -0.39 is 28.9 Å². The molecule has 3 N–H and O–H groups in total. The molecule has 1 heterocycles. The van der Waals surface area contributed by atoms with Crippen LogP contribution in [0.2, 0.25) is 0 Å². The van der Waals surface area contributed by atoms with Crippen molar-refractivity contribution in [3.05, 3.63) is 23.5 Å². The highest BCUT2D eigenvalue weighted by Crippen LogP contribution is 2.80. The van der Waals surface area contributed by atoms with Crippen molar-refractivity contribution >= 4 is 18.0 Å². The molecule has 1 aromatic rings. The van der Waals surface area contributed by atoms with Crippen LogP contribution in [0.1, 0.15) is 68.9 Å². The third kappa shape index (κ3) is 3.31. The number of alkyl halides is 3. The lowest BCUT2D eigenvalue weighted by Gasteiger charge is -2.59. The number of halogens is 3. The molecule has 4 fully saturated rings. The van der Waals surface area contributed by atoms with Gasteiger partial charge in [-0.1, -0.05) is 0 Å². The molecule has 3 bridgehead atoms. The standard InChI is InChI=1S/C24H31F3N4O3/c1-13(33)30-21(2,3)4-5-31-19(24(25,26)27)16(11-28-31)20(34)29-18-15-6-14-7-22(12-32)10-17(18)23(22,8-14)9-15/h4-5,11,14-15,17-18,32H,6-10,12H2,1-3H3,(H,29,34)(H,30,33)/b5-4+/t14?,15?,17?,18-,22-,23?/m1/s1. The van der Waals surface area contributed by atoms with Gasteiger partial charge < -0.3 is 15.7 Å². The van der Waals surface area contributed by atoms with E-state index in [9.17, 15) is 27.9 Å². The number of carbonyl (C=O) groups excluding carboxylic acids is 2. The second-order valence-corrected chi connectivity index (χ2v) is 11.4. The third-order valence-corrected chi connectivity index (χ3v) is 8.95. The normalized spacial score (nSPS) is 36.0. The molecule has 186 valence electrons. The van der Waals surface area contributed by atoms with Gasteiger partial charge in [0.05, 0.1) is 17.3 Å². The number of rotatable bonds is 6. The summed E-state index contributed by atoms with van der Waals surface area (Å²) in [6.45, 7) is 4.76. The van der Waals surface area contributed by atoms with Gasteiger partial charge in [-0.2, -0.15) is 18.3 Å². The topological polar surface area (TPSA) is 96.2 Å². The van der Waals surface area contributed by atoms with E-state index in [4.69, 9.17) is 0 Å². The Kier molecular flexibility index (Phi) is 5.03. The zero-order valence-electron chi connectivity index (χ0n) is 19.6. The van der Waals surface area contributed by atoms with Crippen LogP contribution in [0.25, 0.3) is 6.20 Å². The first kappa shape index (κ1) is 23.4. The minimum atomic E-state index is -4.79. The SMILES string of the molecule is CC(=O)NC(C)(C)/C=C/n1ncc(C(=O)N[C@@H]2C3CC4CC5(C3)C2C[C@@]5(CO)C4)c1C(F)(F)F. The van der Waals surface area contributed by atoms with Gasteiger partial charge in [0.1, 0.15) is 0 Å². The largest absolute Gasteiger partial charge is 0.434 e. The highest BCUT2D eigenvalue weighted by atomic mass is 19.4. The lowest BCUT2D eigenvalue weighted by atomic mass is 9.46. The van der Waals surface area contributed by atoms with E-state index in [0.29, 0.717) is 10.6 Å². The highest BCUT2D eigenvalue weighted by Gasteiger charge is 2.76. The van der Waals surface area contributed by atoms with Gasteiger partial charge in [0.2, 0.25) is 5.91 Å². The summed E-state index contributed by atoms with van der Waals surface area (Å²) in [5.41, 5.74) is -2.58. The predicted octanol–water partition coefficient (Wildman–Crippen LogP) is 3.20. The molecule has 1 spiro atoms. The Hall–Kier alpha value is -2.36. The molecule has 0 aromatic carbocycles. The lowest BCUT2D eigenvalue weighted by molar-refractivity contribution is -0.143. The van der Waals surface area contributed by atoms with Crippen LogP contribution in [0.3, 0.4) is 0 Å². The summed E-state index contributed by atoms with van der Waals surface area (Å²) in [4.78, 5) is 24.5. The average Bonchev–Trinajstić information content (AvgIpc) is 3.27. The van der Waals surface area contributed by atoms with Crippen molar-refractivity contribution in [3.63, 3.8) is 0 Å². The minimum absolute atomic E-state index is 0.0301. The van der Waals surface area contributed by atoms with E-state index in [0.717, 1.165) is 44.5 Å². The molecule has 0 saturated heterocycles. The van der Waals surface area contributed by atoms with Crippen LogP contribution in [0.15, 0.2) is 12.3 Å². The monoisotopic (exact) mass is 480 g/mol. The molecule has 4 saturated carbocycles. The second-order valence-electron chi connectivity index (χ2n) is 11.4. The van der Waals surface area contributed by atoms with E-state index in [2.05, 4.69) is 15.7 Å². The van der Waals surface area contributed by atoms with Crippen molar-refractivity contribution in [3.8, 4) is 0 Å². The number of aromatic nitrogens is 2. The molecular weight excluding hydrogens is 449 g/mol. The van der Waals surface area contributed by atoms with Gasteiger partial charge in [0.25, 0.3) is 5.91 Å². The van der Waals surface area contributed by atoms with Gasteiger partial charge in [-0.15, -0.1) is 0 Å². The fourth-order valence-corrected chi connectivity index (χ4v) is 7.96. The number of nitrogens with zero attached hydrogens (tertiary/aromatic N) is 2. The molecule has 0 radical (unpaired) electrons. The van der Waals surface area contributed by atoms with Crippen LogP contribution in [-0.2, 0) is 11.0 Å². The summed E-state index contributed by atoms with van der Waals surface area (Å²) in [5, 5.41) is 19.5. The van der Waals surface area contributed by atoms with Crippen molar-refractivity contribution < 1.29 is 27.9 Å². The Labute approximate surface area is 196 Å². The van der Waals surface area contributed by atoms with Gasteiger partial charge >= 0.3 is 6.18 Å². The summed E-state index contributed by atoms with van der Waals surface area (Å²) in [5.74, 6) is -0.0969. The number of hydrogen-bond donors (Lipinski definition) is 3.